The lowest BCUT2D eigenvalue weighted by Gasteiger charge is -2.30. The summed E-state index contributed by atoms with van der Waals surface area (Å²) in [7, 11) is 2.11. The zero-order chi connectivity index (χ0) is 7.78. The number of rotatable bonds is 0. The second kappa shape index (κ2) is 2.35. The van der Waals surface area contributed by atoms with E-state index in [1.54, 1.807) is 0 Å². The molecule has 0 aromatic heterocycles. The van der Waals surface area contributed by atoms with Gasteiger partial charge in [-0.2, -0.15) is 0 Å². The van der Waals surface area contributed by atoms with Gasteiger partial charge in [0.2, 0.25) is 0 Å². The highest BCUT2D eigenvalue weighted by molar-refractivity contribution is 5.62. The summed E-state index contributed by atoms with van der Waals surface area (Å²) in [5.74, 6) is 0. The van der Waals surface area contributed by atoms with E-state index in [1.807, 2.05) is 6.21 Å². The smallest absolute Gasteiger partial charge is 0.106 e. The second-order valence-corrected chi connectivity index (χ2v) is 4.01. The van der Waals surface area contributed by atoms with Crippen LogP contribution in [0.25, 0.3) is 0 Å². The highest BCUT2D eigenvalue weighted by Gasteiger charge is 2.29. The third-order valence-electron chi connectivity index (χ3n) is 1.81. The maximum Gasteiger partial charge on any atom is 0.106 e. The Labute approximate surface area is 62.9 Å². The van der Waals surface area contributed by atoms with Crippen molar-refractivity contribution in [1.29, 1.82) is 0 Å². The molecule has 0 saturated heterocycles. The van der Waals surface area contributed by atoms with Crippen molar-refractivity contribution in [2.45, 2.75) is 26.9 Å². The molecule has 58 valence electrons. The second-order valence-electron chi connectivity index (χ2n) is 4.01. The molecule has 2 nitrogen and oxygen atoms in total. The van der Waals surface area contributed by atoms with Crippen molar-refractivity contribution < 1.29 is 0 Å². The Morgan fingerprint density at radius 1 is 1.50 bits per heavy atom. The van der Waals surface area contributed by atoms with Crippen molar-refractivity contribution in [2.75, 3.05) is 13.6 Å². The van der Waals surface area contributed by atoms with E-state index in [-0.39, 0.29) is 5.41 Å². The summed E-state index contributed by atoms with van der Waals surface area (Å²) in [6.07, 6.45) is 2.38. The van der Waals surface area contributed by atoms with E-state index in [4.69, 9.17) is 0 Å². The first kappa shape index (κ1) is 7.73. The van der Waals surface area contributed by atoms with Gasteiger partial charge < -0.3 is 0 Å². The standard InChI is InChI=1S/C8H16N2/c1-8(2,3)7-9-5-6-10(7)4/h5,7H,6H2,1-4H3. The Kier molecular flexibility index (Phi) is 1.82. The maximum atomic E-state index is 4.39. The molecule has 1 atom stereocenters. The molecular weight excluding hydrogens is 124 g/mol. The van der Waals surface area contributed by atoms with E-state index in [2.05, 4.69) is 37.7 Å². The molecule has 0 spiro atoms. The third kappa shape index (κ3) is 1.37. The van der Waals surface area contributed by atoms with Crippen LogP contribution in [-0.4, -0.2) is 30.9 Å². The minimum absolute atomic E-state index is 0.280. The van der Waals surface area contributed by atoms with Gasteiger partial charge in [0.1, 0.15) is 6.17 Å². The molecular formula is C8H16N2. The fourth-order valence-corrected chi connectivity index (χ4v) is 1.37. The van der Waals surface area contributed by atoms with Gasteiger partial charge in [-0.25, -0.2) is 0 Å². The van der Waals surface area contributed by atoms with Crippen LogP contribution in [0.2, 0.25) is 0 Å². The fourth-order valence-electron chi connectivity index (χ4n) is 1.37. The van der Waals surface area contributed by atoms with Gasteiger partial charge in [0.25, 0.3) is 0 Å². The van der Waals surface area contributed by atoms with E-state index in [1.165, 1.54) is 0 Å². The van der Waals surface area contributed by atoms with Crippen molar-refractivity contribution >= 4 is 6.21 Å². The number of hydrogen-bond acceptors (Lipinski definition) is 2. The van der Waals surface area contributed by atoms with Crippen LogP contribution in [0.5, 0.6) is 0 Å². The molecule has 0 aliphatic carbocycles. The Bertz CT molecular complexity index is 144. The molecule has 1 aliphatic rings. The molecule has 1 heterocycles. The summed E-state index contributed by atoms with van der Waals surface area (Å²) in [4.78, 5) is 6.65. The zero-order valence-electron chi connectivity index (χ0n) is 7.26. The molecule has 0 fully saturated rings. The van der Waals surface area contributed by atoms with E-state index >= 15 is 0 Å². The quantitative estimate of drug-likeness (QED) is 0.496. The molecule has 2 heteroatoms. The topological polar surface area (TPSA) is 15.6 Å². The molecule has 0 aromatic rings. The lowest BCUT2D eigenvalue weighted by Crippen LogP contribution is -2.36. The molecule has 1 rings (SSSR count). The van der Waals surface area contributed by atoms with Gasteiger partial charge in [-0.3, -0.25) is 9.89 Å². The molecule has 1 aliphatic heterocycles. The Hall–Kier alpha value is -0.370. The minimum Gasteiger partial charge on any atom is -0.279 e. The molecule has 0 N–H and O–H groups in total. The van der Waals surface area contributed by atoms with Gasteiger partial charge >= 0.3 is 0 Å². The van der Waals surface area contributed by atoms with Gasteiger partial charge in [-0.1, -0.05) is 20.8 Å². The molecule has 0 radical (unpaired) electrons. The number of nitrogens with zero attached hydrogens (tertiary/aromatic N) is 2. The summed E-state index contributed by atoms with van der Waals surface area (Å²) in [6, 6.07) is 0. The van der Waals surface area contributed by atoms with Crippen LogP contribution in [0.3, 0.4) is 0 Å². The number of aliphatic imine (C=N–C) groups is 1. The van der Waals surface area contributed by atoms with Crippen molar-refractivity contribution in [3.8, 4) is 0 Å². The highest BCUT2D eigenvalue weighted by Crippen LogP contribution is 2.25. The fraction of sp³-hybridized carbons (Fsp3) is 0.875. The van der Waals surface area contributed by atoms with E-state index < -0.39 is 0 Å². The molecule has 0 amide bonds. The first-order valence-corrected chi connectivity index (χ1v) is 3.73. The Morgan fingerprint density at radius 2 is 2.10 bits per heavy atom. The summed E-state index contributed by atoms with van der Waals surface area (Å²) < 4.78 is 0. The van der Waals surface area contributed by atoms with Crippen LogP contribution in [0.1, 0.15) is 20.8 Å². The average molecular weight is 140 g/mol. The zero-order valence-corrected chi connectivity index (χ0v) is 7.26. The van der Waals surface area contributed by atoms with Crippen molar-refractivity contribution in [3.63, 3.8) is 0 Å². The van der Waals surface area contributed by atoms with Gasteiger partial charge in [0, 0.05) is 12.8 Å². The van der Waals surface area contributed by atoms with Crippen molar-refractivity contribution in [1.82, 2.24) is 4.90 Å². The predicted octanol–water partition coefficient (Wildman–Crippen LogP) is 1.37. The van der Waals surface area contributed by atoms with Crippen LogP contribution in [0, 0.1) is 5.41 Å². The van der Waals surface area contributed by atoms with Crippen LogP contribution < -0.4 is 0 Å². The molecule has 0 saturated carbocycles. The third-order valence-corrected chi connectivity index (χ3v) is 1.81. The first-order valence-electron chi connectivity index (χ1n) is 3.73. The first-order chi connectivity index (χ1) is 4.52. The van der Waals surface area contributed by atoms with Crippen LogP contribution >= 0.6 is 0 Å². The van der Waals surface area contributed by atoms with Crippen molar-refractivity contribution in [2.24, 2.45) is 10.4 Å². The molecule has 10 heavy (non-hydrogen) atoms. The average Bonchev–Trinajstić information content (AvgIpc) is 2.11. The Morgan fingerprint density at radius 3 is 2.30 bits per heavy atom. The minimum atomic E-state index is 0.280. The molecule has 1 unspecified atom stereocenters. The maximum absolute atomic E-state index is 4.39. The molecule has 0 bridgehead atoms. The van der Waals surface area contributed by atoms with Gasteiger partial charge in [0.05, 0.1) is 0 Å². The predicted molar refractivity (Wildman–Crippen MR) is 44.4 cm³/mol. The lowest BCUT2D eigenvalue weighted by atomic mass is 9.92. The molecule has 0 aromatic carbocycles. The largest absolute Gasteiger partial charge is 0.279 e. The van der Waals surface area contributed by atoms with E-state index in [0.717, 1.165) is 6.54 Å². The van der Waals surface area contributed by atoms with Gasteiger partial charge in [-0.15, -0.1) is 0 Å². The van der Waals surface area contributed by atoms with Crippen LogP contribution in [0.4, 0.5) is 0 Å². The Balaban J connectivity index is 2.64. The highest BCUT2D eigenvalue weighted by atomic mass is 15.3. The monoisotopic (exact) mass is 140 g/mol. The van der Waals surface area contributed by atoms with E-state index in [9.17, 15) is 0 Å². The normalized spacial score (nSPS) is 27.8. The SMILES string of the molecule is CN1CC=NC1C(C)(C)C. The van der Waals surface area contributed by atoms with Gasteiger partial charge in [0.15, 0.2) is 0 Å². The number of hydrogen-bond donors (Lipinski definition) is 0. The summed E-state index contributed by atoms with van der Waals surface area (Å²) in [5, 5.41) is 0. The van der Waals surface area contributed by atoms with E-state index in [0.29, 0.717) is 6.17 Å². The van der Waals surface area contributed by atoms with Crippen LogP contribution in [-0.2, 0) is 0 Å². The summed E-state index contributed by atoms with van der Waals surface area (Å²) in [6.45, 7) is 7.66. The van der Waals surface area contributed by atoms with Crippen molar-refractivity contribution in [3.05, 3.63) is 0 Å². The van der Waals surface area contributed by atoms with Crippen LogP contribution in [0.15, 0.2) is 4.99 Å². The lowest BCUT2D eigenvalue weighted by molar-refractivity contribution is 0.165. The van der Waals surface area contributed by atoms with Gasteiger partial charge in [-0.05, 0) is 12.5 Å². The summed E-state index contributed by atoms with van der Waals surface area (Å²) in [5.41, 5.74) is 0.280. The summed E-state index contributed by atoms with van der Waals surface area (Å²) >= 11 is 0.